The Morgan fingerprint density at radius 3 is 2.29 bits per heavy atom. The van der Waals surface area contributed by atoms with E-state index < -0.39 is 17.5 Å². The van der Waals surface area contributed by atoms with Crippen molar-refractivity contribution in [3.05, 3.63) is 35.9 Å². The van der Waals surface area contributed by atoms with Crippen molar-refractivity contribution in [2.45, 2.75) is 50.7 Å². The number of aliphatic hydroxyl groups excluding tert-OH is 1. The summed E-state index contributed by atoms with van der Waals surface area (Å²) in [4.78, 5) is 13.8. The summed E-state index contributed by atoms with van der Waals surface area (Å²) in [5.74, 6) is 4.72. The summed E-state index contributed by atoms with van der Waals surface area (Å²) in [5, 5.41) is 20.1. The number of carbonyl (C=O) groups is 1. The van der Waals surface area contributed by atoms with E-state index in [4.69, 9.17) is 0 Å². The molecule has 1 aromatic rings. The lowest BCUT2D eigenvalue weighted by atomic mass is 9.60. The van der Waals surface area contributed by atoms with Gasteiger partial charge in [-0.25, -0.2) is 4.79 Å². The number of aliphatic hydroxyl groups is 1. The lowest BCUT2D eigenvalue weighted by Gasteiger charge is -2.46. The van der Waals surface area contributed by atoms with E-state index in [2.05, 4.69) is 16.7 Å². The highest BCUT2D eigenvalue weighted by molar-refractivity contribution is 5.73. The highest BCUT2D eigenvalue weighted by Crippen LogP contribution is 2.50. The highest BCUT2D eigenvalue weighted by Gasteiger charge is 2.50. The molecule has 130 valence electrons. The first-order chi connectivity index (χ1) is 11.4. The van der Waals surface area contributed by atoms with Gasteiger partial charge in [-0.1, -0.05) is 36.3 Å². The molecule has 0 heterocycles. The van der Waals surface area contributed by atoms with Gasteiger partial charge in [0.1, 0.15) is 0 Å². The molecule has 1 aliphatic carbocycles. The lowest BCUT2D eigenvalue weighted by molar-refractivity contribution is -0.158. The summed E-state index contributed by atoms with van der Waals surface area (Å²) in [6.45, 7) is 1.77. The van der Waals surface area contributed by atoms with Crippen molar-refractivity contribution in [1.29, 1.82) is 0 Å². The molecule has 0 bridgehead atoms. The predicted octanol–water partition coefficient (Wildman–Crippen LogP) is 2.73. The SMILES string of the molecule is CC#CC(c1ccccc1)C1(C(O)C(=O)O)CCC(N(C)C)CC1. The van der Waals surface area contributed by atoms with E-state index >= 15 is 0 Å². The van der Waals surface area contributed by atoms with E-state index in [1.54, 1.807) is 6.92 Å². The molecule has 0 aromatic heterocycles. The van der Waals surface area contributed by atoms with Gasteiger partial charge in [0.05, 0.1) is 5.92 Å². The zero-order valence-electron chi connectivity index (χ0n) is 14.7. The van der Waals surface area contributed by atoms with Crippen LogP contribution < -0.4 is 0 Å². The Kier molecular flexibility index (Phi) is 6.04. The fraction of sp³-hybridized carbons (Fsp3) is 0.550. The van der Waals surface area contributed by atoms with Crippen LogP contribution in [0.15, 0.2) is 30.3 Å². The van der Waals surface area contributed by atoms with Gasteiger partial charge in [-0.3, -0.25) is 0 Å². The molecule has 0 saturated heterocycles. The predicted molar refractivity (Wildman–Crippen MR) is 94.7 cm³/mol. The molecule has 24 heavy (non-hydrogen) atoms. The first-order valence-electron chi connectivity index (χ1n) is 8.47. The Hall–Kier alpha value is -1.83. The molecule has 1 saturated carbocycles. The summed E-state index contributed by atoms with van der Waals surface area (Å²) in [7, 11) is 4.09. The van der Waals surface area contributed by atoms with Crippen LogP contribution in [-0.4, -0.2) is 47.3 Å². The number of aliphatic carboxylic acids is 1. The van der Waals surface area contributed by atoms with Crippen molar-refractivity contribution >= 4 is 5.97 Å². The van der Waals surface area contributed by atoms with Gasteiger partial charge < -0.3 is 15.1 Å². The first kappa shape index (κ1) is 18.5. The second-order valence-electron chi connectivity index (χ2n) is 6.91. The van der Waals surface area contributed by atoms with Crippen molar-refractivity contribution < 1.29 is 15.0 Å². The fourth-order valence-electron chi connectivity index (χ4n) is 3.97. The van der Waals surface area contributed by atoms with E-state index in [1.807, 2.05) is 44.4 Å². The summed E-state index contributed by atoms with van der Waals surface area (Å²) in [6, 6.07) is 10.2. The van der Waals surface area contributed by atoms with Crippen molar-refractivity contribution in [2.24, 2.45) is 5.41 Å². The molecule has 0 amide bonds. The standard InChI is InChI=1S/C20H27NO3/c1-4-8-17(15-9-6-5-7-10-15)20(18(22)19(23)24)13-11-16(12-14-20)21(2)3/h5-7,9-10,16-18,22H,11-14H2,1-3H3,(H,23,24). The number of hydrogen-bond acceptors (Lipinski definition) is 3. The molecule has 1 aromatic carbocycles. The lowest BCUT2D eigenvalue weighted by Crippen LogP contribution is -2.49. The fourth-order valence-corrected chi connectivity index (χ4v) is 3.97. The van der Waals surface area contributed by atoms with Crippen LogP contribution in [0, 0.1) is 17.3 Å². The number of hydrogen-bond donors (Lipinski definition) is 2. The van der Waals surface area contributed by atoms with Gasteiger partial charge in [0, 0.05) is 11.5 Å². The normalized spacial score (nSPS) is 26.3. The zero-order chi connectivity index (χ0) is 17.7. The molecule has 2 rings (SSSR count). The Labute approximate surface area is 144 Å². The maximum Gasteiger partial charge on any atom is 0.333 e. The van der Waals surface area contributed by atoms with Crippen LogP contribution in [0.2, 0.25) is 0 Å². The molecular weight excluding hydrogens is 302 g/mol. The number of nitrogens with zero attached hydrogens (tertiary/aromatic N) is 1. The third-order valence-electron chi connectivity index (χ3n) is 5.39. The Morgan fingerprint density at radius 1 is 1.25 bits per heavy atom. The topological polar surface area (TPSA) is 60.8 Å². The van der Waals surface area contributed by atoms with E-state index in [9.17, 15) is 15.0 Å². The average molecular weight is 329 g/mol. The van der Waals surface area contributed by atoms with Crippen molar-refractivity contribution in [3.63, 3.8) is 0 Å². The molecule has 2 unspecified atom stereocenters. The number of rotatable bonds is 5. The number of benzene rings is 1. The van der Waals surface area contributed by atoms with Crippen molar-refractivity contribution in [2.75, 3.05) is 14.1 Å². The minimum atomic E-state index is -1.41. The van der Waals surface area contributed by atoms with E-state index in [1.165, 1.54) is 0 Å². The van der Waals surface area contributed by atoms with Gasteiger partial charge >= 0.3 is 5.97 Å². The summed E-state index contributed by atoms with van der Waals surface area (Å²) >= 11 is 0. The minimum absolute atomic E-state index is 0.280. The second kappa shape index (κ2) is 7.83. The van der Waals surface area contributed by atoms with Crippen LogP contribution >= 0.6 is 0 Å². The molecule has 0 aliphatic heterocycles. The smallest absolute Gasteiger partial charge is 0.333 e. The minimum Gasteiger partial charge on any atom is -0.479 e. The van der Waals surface area contributed by atoms with Crippen molar-refractivity contribution in [3.8, 4) is 11.8 Å². The molecule has 2 N–H and O–H groups in total. The van der Waals surface area contributed by atoms with Crippen LogP contribution in [-0.2, 0) is 4.79 Å². The Morgan fingerprint density at radius 2 is 1.83 bits per heavy atom. The summed E-state index contributed by atoms with van der Waals surface area (Å²) < 4.78 is 0. The molecule has 0 radical (unpaired) electrons. The molecule has 2 atom stereocenters. The van der Waals surface area contributed by atoms with Gasteiger partial charge in [-0.05, 0) is 52.3 Å². The molecule has 4 nitrogen and oxygen atoms in total. The zero-order valence-corrected chi connectivity index (χ0v) is 14.7. The van der Waals surface area contributed by atoms with Crippen LogP contribution in [0.1, 0.15) is 44.1 Å². The Balaban J connectivity index is 2.44. The van der Waals surface area contributed by atoms with Gasteiger partial charge in [-0.2, -0.15) is 0 Å². The molecule has 4 heteroatoms. The summed E-state index contributed by atoms with van der Waals surface area (Å²) in [5.41, 5.74) is 0.235. The largest absolute Gasteiger partial charge is 0.479 e. The Bertz CT molecular complexity index is 607. The van der Waals surface area contributed by atoms with E-state index in [0.29, 0.717) is 18.9 Å². The quantitative estimate of drug-likeness (QED) is 0.816. The molecule has 1 aliphatic rings. The van der Waals surface area contributed by atoms with E-state index in [-0.39, 0.29) is 5.92 Å². The molecule has 1 fully saturated rings. The second-order valence-corrected chi connectivity index (χ2v) is 6.91. The molecule has 0 spiro atoms. The van der Waals surface area contributed by atoms with Gasteiger partial charge in [0.25, 0.3) is 0 Å². The molecular formula is C20H27NO3. The highest BCUT2D eigenvalue weighted by atomic mass is 16.4. The maximum absolute atomic E-state index is 11.7. The van der Waals surface area contributed by atoms with Gasteiger partial charge in [0.15, 0.2) is 6.10 Å². The van der Waals surface area contributed by atoms with Gasteiger partial charge in [0.2, 0.25) is 0 Å². The van der Waals surface area contributed by atoms with Crippen LogP contribution in [0.3, 0.4) is 0 Å². The average Bonchev–Trinajstić information content (AvgIpc) is 2.59. The summed E-state index contributed by atoms with van der Waals surface area (Å²) in [6.07, 6.45) is 1.62. The van der Waals surface area contributed by atoms with Crippen LogP contribution in [0.4, 0.5) is 0 Å². The third kappa shape index (κ3) is 3.63. The van der Waals surface area contributed by atoms with Crippen LogP contribution in [0.25, 0.3) is 0 Å². The number of carboxylic acid groups (broad SMARTS) is 1. The van der Waals surface area contributed by atoms with Gasteiger partial charge in [-0.15, -0.1) is 5.92 Å². The van der Waals surface area contributed by atoms with Crippen molar-refractivity contribution in [1.82, 2.24) is 4.90 Å². The first-order valence-corrected chi connectivity index (χ1v) is 8.47. The number of carboxylic acids is 1. The monoisotopic (exact) mass is 329 g/mol. The maximum atomic E-state index is 11.7. The third-order valence-corrected chi connectivity index (χ3v) is 5.39. The van der Waals surface area contributed by atoms with E-state index in [0.717, 1.165) is 18.4 Å². The van der Waals surface area contributed by atoms with Crippen LogP contribution in [0.5, 0.6) is 0 Å².